The molecule has 1 saturated heterocycles. The van der Waals surface area contributed by atoms with Crippen molar-refractivity contribution in [1.29, 1.82) is 0 Å². The highest BCUT2D eigenvalue weighted by atomic mass is 16.2. The molecule has 0 radical (unpaired) electrons. The maximum atomic E-state index is 12.9. The number of carbonyl (C=O) groups is 1. The first-order valence-corrected chi connectivity index (χ1v) is 9.88. The quantitative estimate of drug-likeness (QED) is 0.650. The van der Waals surface area contributed by atoms with Gasteiger partial charge in [0.15, 0.2) is 0 Å². The molecule has 1 fully saturated rings. The minimum atomic E-state index is 0.0670. The first kappa shape index (κ1) is 18.8. The van der Waals surface area contributed by atoms with Crippen LogP contribution in [-0.4, -0.2) is 42.0 Å². The first-order valence-electron chi connectivity index (χ1n) is 9.88. The molecule has 29 heavy (non-hydrogen) atoms. The van der Waals surface area contributed by atoms with Crippen LogP contribution < -0.4 is 4.90 Å². The van der Waals surface area contributed by atoms with Crippen molar-refractivity contribution in [2.45, 2.75) is 6.42 Å². The fourth-order valence-corrected chi connectivity index (χ4v) is 3.44. The number of hydrogen-bond donors (Lipinski definition) is 0. The SMILES string of the molecule is O=C(c1cccc(C#CCc2ccccc2)c1)N1CCN(c2ccccn2)CC1. The van der Waals surface area contributed by atoms with Crippen molar-refractivity contribution in [2.24, 2.45) is 0 Å². The molecule has 4 nitrogen and oxygen atoms in total. The van der Waals surface area contributed by atoms with Crippen LogP contribution in [0.4, 0.5) is 5.82 Å². The molecule has 0 saturated carbocycles. The van der Waals surface area contributed by atoms with Crippen LogP contribution in [0, 0.1) is 11.8 Å². The fourth-order valence-electron chi connectivity index (χ4n) is 3.44. The van der Waals surface area contributed by atoms with E-state index in [1.807, 2.05) is 65.6 Å². The van der Waals surface area contributed by atoms with Gasteiger partial charge in [0.05, 0.1) is 0 Å². The molecule has 1 amide bonds. The van der Waals surface area contributed by atoms with Crippen LogP contribution in [0.2, 0.25) is 0 Å². The van der Waals surface area contributed by atoms with Gasteiger partial charge in [0, 0.05) is 49.9 Å². The lowest BCUT2D eigenvalue weighted by Crippen LogP contribution is -2.49. The molecule has 144 valence electrons. The molecular formula is C25H23N3O. The molecule has 1 aliphatic rings. The molecule has 0 spiro atoms. The summed E-state index contributed by atoms with van der Waals surface area (Å²) in [7, 11) is 0. The molecule has 4 rings (SSSR count). The largest absolute Gasteiger partial charge is 0.353 e. The Labute approximate surface area is 171 Å². The van der Waals surface area contributed by atoms with E-state index in [1.54, 1.807) is 6.20 Å². The maximum Gasteiger partial charge on any atom is 0.254 e. The van der Waals surface area contributed by atoms with Crippen molar-refractivity contribution in [3.8, 4) is 11.8 Å². The molecule has 0 N–H and O–H groups in total. The van der Waals surface area contributed by atoms with Gasteiger partial charge < -0.3 is 9.80 Å². The zero-order valence-corrected chi connectivity index (χ0v) is 16.3. The minimum absolute atomic E-state index is 0.0670. The highest BCUT2D eigenvalue weighted by molar-refractivity contribution is 5.94. The number of nitrogens with zero attached hydrogens (tertiary/aromatic N) is 3. The third-order valence-electron chi connectivity index (χ3n) is 5.02. The molecular weight excluding hydrogens is 358 g/mol. The molecule has 0 atom stereocenters. The van der Waals surface area contributed by atoms with Gasteiger partial charge in [0.2, 0.25) is 0 Å². The van der Waals surface area contributed by atoms with Crippen molar-refractivity contribution < 1.29 is 4.79 Å². The number of aromatic nitrogens is 1. The molecule has 1 aromatic heterocycles. The average molecular weight is 381 g/mol. The Kier molecular flexibility index (Phi) is 5.87. The zero-order valence-electron chi connectivity index (χ0n) is 16.3. The van der Waals surface area contributed by atoms with Crippen molar-refractivity contribution in [3.05, 3.63) is 95.7 Å². The van der Waals surface area contributed by atoms with E-state index in [4.69, 9.17) is 0 Å². The van der Waals surface area contributed by atoms with E-state index in [0.717, 1.165) is 24.5 Å². The average Bonchev–Trinajstić information content (AvgIpc) is 2.80. The van der Waals surface area contributed by atoms with Gasteiger partial charge >= 0.3 is 0 Å². The monoisotopic (exact) mass is 381 g/mol. The second kappa shape index (κ2) is 9.07. The lowest BCUT2D eigenvalue weighted by Gasteiger charge is -2.35. The standard InChI is InChI=1S/C25H23N3O/c29-25(28-18-16-27(17-19-28)24-14-4-5-15-26-24)23-13-7-12-22(20-23)11-6-10-21-8-2-1-3-9-21/h1-5,7-9,12-15,20H,10,16-19H2. The van der Waals surface area contributed by atoms with Gasteiger partial charge in [0.25, 0.3) is 5.91 Å². The van der Waals surface area contributed by atoms with E-state index >= 15 is 0 Å². The Morgan fingerprint density at radius 1 is 0.897 bits per heavy atom. The summed E-state index contributed by atoms with van der Waals surface area (Å²) in [6.45, 7) is 2.97. The molecule has 0 bridgehead atoms. The number of anilines is 1. The van der Waals surface area contributed by atoms with E-state index in [9.17, 15) is 4.79 Å². The summed E-state index contributed by atoms with van der Waals surface area (Å²) in [6, 6.07) is 23.7. The van der Waals surface area contributed by atoms with E-state index in [0.29, 0.717) is 25.1 Å². The third-order valence-corrected chi connectivity index (χ3v) is 5.02. The number of benzene rings is 2. The molecule has 0 aliphatic carbocycles. The summed E-state index contributed by atoms with van der Waals surface area (Å²) in [5.74, 6) is 7.42. The minimum Gasteiger partial charge on any atom is -0.353 e. The van der Waals surface area contributed by atoms with Crippen LogP contribution in [0.5, 0.6) is 0 Å². The van der Waals surface area contributed by atoms with Crippen LogP contribution in [0.3, 0.4) is 0 Å². The smallest absolute Gasteiger partial charge is 0.254 e. The lowest BCUT2D eigenvalue weighted by molar-refractivity contribution is 0.0746. The van der Waals surface area contributed by atoms with Crippen molar-refractivity contribution in [3.63, 3.8) is 0 Å². The summed E-state index contributed by atoms with van der Waals surface area (Å²) in [5, 5.41) is 0. The lowest BCUT2D eigenvalue weighted by atomic mass is 10.1. The topological polar surface area (TPSA) is 36.4 Å². The van der Waals surface area contributed by atoms with Gasteiger partial charge in [-0.2, -0.15) is 0 Å². The normalized spacial score (nSPS) is 13.5. The Morgan fingerprint density at radius 2 is 1.69 bits per heavy atom. The summed E-state index contributed by atoms with van der Waals surface area (Å²) >= 11 is 0. The summed E-state index contributed by atoms with van der Waals surface area (Å²) in [5.41, 5.74) is 2.76. The fraction of sp³-hybridized carbons (Fsp3) is 0.200. The van der Waals surface area contributed by atoms with Crippen LogP contribution in [0.15, 0.2) is 79.0 Å². The predicted molar refractivity (Wildman–Crippen MR) is 116 cm³/mol. The van der Waals surface area contributed by atoms with Gasteiger partial charge in [-0.25, -0.2) is 4.98 Å². The van der Waals surface area contributed by atoms with E-state index in [2.05, 4.69) is 33.9 Å². The van der Waals surface area contributed by atoms with Gasteiger partial charge in [-0.3, -0.25) is 4.79 Å². The van der Waals surface area contributed by atoms with Crippen LogP contribution >= 0.6 is 0 Å². The second-order valence-corrected chi connectivity index (χ2v) is 7.01. The Hall–Kier alpha value is -3.58. The maximum absolute atomic E-state index is 12.9. The van der Waals surface area contributed by atoms with Crippen molar-refractivity contribution in [1.82, 2.24) is 9.88 Å². The zero-order chi connectivity index (χ0) is 19.9. The second-order valence-electron chi connectivity index (χ2n) is 7.01. The predicted octanol–water partition coefficient (Wildman–Crippen LogP) is 3.64. The molecule has 2 heterocycles. The Bertz CT molecular complexity index is 1010. The summed E-state index contributed by atoms with van der Waals surface area (Å²) in [6.07, 6.45) is 2.51. The molecule has 2 aromatic carbocycles. The van der Waals surface area contributed by atoms with E-state index in [1.165, 1.54) is 5.56 Å². The highest BCUT2D eigenvalue weighted by Gasteiger charge is 2.22. The van der Waals surface area contributed by atoms with Crippen LogP contribution in [0.1, 0.15) is 21.5 Å². The van der Waals surface area contributed by atoms with E-state index < -0.39 is 0 Å². The summed E-state index contributed by atoms with van der Waals surface area (Å²) < 4.78 is 0. The molecule has 3 aromatic rings. The number of piperazine rings is 1. The molecule has 0 unspecified atom stereocenters. The number of rotatable bonds is 3. The Balaban J connectivity index is 1.38. The van der Waals surface area contributed by atoms with Crippen molar-refractivity contribution >= 4 is 11.7 Å². The highest BCUT2D eigenvalue weighted by Crippen LogP contribution is 2.15. The first-order chi connectivity index (χ1) is 14.3. The molecule has 4 heteroatoms. The number of amides is 1. The van der Waals surface area contributed by atoms with Crippen LogP contribution in [0.25, 0.3) is 0 Å². The number of carbonyl (C=O) groups excluding carboxylic acids is 1. The third kappa shape index (κ3) is 4.83. The van der Waals surface area contributed by atoms with Gasteiger partial charge in [0.1, 0.15) is 5.82 Å². The van der Waals surface area contributed by atoms with Crippen molar-refractivity contribution in [2.75, 3.05) is 31.1 Å². The van der Waals surface area contributed by atoms with Gasteiger partial charge in [-0.1, -0.05) is 54.3 Å². The van der Waals surface area contributed by atoms with Gasteiger partial charge in [-0.05, 0) is 35.9 Å². The Morgan fingerprint density at radius 3 is 2.45 bits per heavy atom. The number of pyridine rings is 1. The number of hydrogen-bond acceptors (Lipinski definition) is 3. The summed E-state index contributed by atoms with van der Waals surface area (Å²) in [4.78, 5) is 21.5. The van der Waals surface area contributed by atoms with Gasteiger partial charge in [-0.15, -0.1) is 0 Å². The van der Waals surface area contributed by atoms with E-state index in [-0.39, 0.29) is 5.91 Å². The van der Waals surface area contributed by atoms with Crippen LogP contribution in [-0.2, 0) is 6.42 Å². The molecule has 1 aliphatic heterocycles.